The van der Waals surface area contributed by atoms with E-state index >= 15 is 0 Å². The molecule has 0 aromatic heterocycles. The summed E-state index contributed by atoms with van der Waals surface area (Å²) in [6.07, 6.45) is 0.525. The zero-order valence-electron chi connectivity index (χ0n) is 7.63. The van der Waals surface area contributed by atoms with Crippen molar-refractivity contribution >= 4 is 12.0 Å². The van der Waals surface area contributed by atoms with E-state index in [1.807, 2.05) is 0 Å². The third kappa shape index (κ3) is 6.00. The van der Waals surface area contributed by atoms with E-state index < -0.39 is 5.79 Å². The van der Waals surface area contributed by atoms with Crippen LogP contribution in [0.4, 0.5) is 0 Å². The highest BCUT2D eigenvalue weighted by Crippen LogP contribution is 2.09. The second-order valence-corrected chi connectivity index (χ2v) is 3.19. The van der Waals surface area contributed by atoms with Crippen LogP contribution < -0.4 is 0 Å². The molecule has 70 valence electrons. The molecule has 0 aliphatic rings. The maximum Gasteiger partial charge on any atom is 0.175 e. The first-order valence-corrected chi connectivity index (χ1v) is 3.78. The highest BCUT2D eigenvalue weighted by molar-refractivity contribution is 6.26. The molecule has 0 saturated carbocycles. The van der Waals surface area contributed by atoms with E-state index in [1.54, 1.807) is 6.92 Å². The van der Waals surface area contributed by atoms with Gasteiger partial charge in [-0.25, -0.2) is 0 Å². The summed E-state index contributed by atoms with van der Waals surface area (Å²) in [5.74, 6) is -1.52. The Hall–Kier alpha value is -0.740. The van der Waals surface area contributed by atoms with Crippen molar-refractivity contribution in [1.82, 2.24) is 0 Å². The molecule has 4 heteroatoms. The number of rotatable bonds is 5. The summed E-state index contributed by atoms with van der Waals surface area (Å²) in [6.45, 7) is 4.68. The Kier molecular flexibility index (Phi) is 4.06. The lowest BCUT2D eigenvalue weighted by Gasteiger charge is -2.22. The highest BCUT2D eigenvalue weighted by atomic mass is 16.6. The van der Waals surface area contributed by atoms with Gasteiger partial charge in [0.1, 0.15) is 0 Å². The maximum atomic E-state index is 10.7. The minimum Gasteiger partial charge on any atom is -0.366 e. The van der Waals surface area contributed by atoms with Crippen LogP contribution in [0.1, 0.15) is 27.2 Å². The minimum absolute atomic E-state index is 0.132. The van der Waals surface area contributed by atoms with Gasteiger partial charge in [0.2, 0.25) is 0 Å². The van der Waals surface area contributed by atoms with Gasteiger partial charge in [0.15, 0.2) is 11.6 Å². The second-order valence-electron chi connectivity index (χ2n) is 3.19. The lowest BCUT2D eigenvalue weighted by Crippen LogP contribution is -2.30. The minimum atomic E-state index is -1.22. The summed E-state index contributed by atoms with van der Waals surface area (Å²) < 4.78 is 5.04. The van der Waals surface area contributed by atoms with Crippen LogP contribution in [0.25, 0.3) is 0 Å². The topological polar surface area (TPSA) is 70.4 Å². The first kappa shape index (κ1) is 11.3. The largest absolute Gasteiger partial charge is 0.366 e. The van der Waals surface area contributed by atoms with Gasteiger partial charge in [-0.2, -0.15) is 0 Å². The Morgan fingerprint density at radius 3 is 2.58 bits per heavy atom. The van der Waals surface area contributed by atoms with Gasteiger partial charge in [-0.15, -0.1) is 0 Å². The molecule has 0 amide bonds. The van der Waals surface area contributed by atoms with Crippen LogP contribution in [0.15, 0.2) is 0 Å². The smallest absolute Gasteiger partial charge is 0.175 e. The van der Waals surface area contributed by atoms with Crippen LogP contribution in [0, 0.1) is 5.41 Å². The third-order valence-corrected chi connectivity index (χ3v) is 1.14. The average Bonchev–Trinajstić information content (AvgIpc) is 1.82. The summed E-state index contributed by atoms with van der Waals surface area (Å²) in [7, 11) is 0. The molecular formula is C8H15NO3. The van der Waals surface area contributed by atoms with Crippen molar-refractivity contribution < 1.29 is 14.6 Å². The van der Waals surface area contributed by atoms with E-state index in [0.717, 1.165) is 6.21 Å². The summed E-state index contributed by atoms with van der Waals surface area (Å²) in [4.78, 5) is 10.7. The standard InChI is InChI=1S/C8H15NO3/c1-6(4-7(10)5-9)12-8(2,3)11/h5-6,9,11H,4H2,1-3H3. The van der Waals surface area contributed by atoms with Crippen LogP contribution in [-0.2, 0) is 9.53 Å². The van der Waals surface area contributed by atoms with E-state index in [0.29, 0.717) is 0 Å². The third-order valence-electron chi connectivity index (χ3n) is 1.14. The number of hydrogen-bond acceptors (Lipinski definition) is 4. The Bertz CT molecular complexity index is 172. The monoisotopic (exact) mass is 173 g/mol. The van der Waals surface area contributed by atoms with Gasteiger partial charge in [0, 0.05) is 6.42 Å². The van der Waals surface area contributed by atoms with Gasteiger partial charge in [0.05, 0.1) is 12.3 Å². The highest BCUT2D eigenvalue weighted by Gasteiger charge is 2.18. The molecule has 0 fully saturated rings. The molecule has 0 heterocycles. The van der Waals surface area contributed by atoms with Crippen molar-refractivity contribution in [2.45, 2.75) is 39.1 Å². The van der Waals surface area contributed by atoms with E-state index in [-0.39, 0.29) is 18.3 Å². The molecule has 0 bridgehead atoms. The van der Waals surface area contributed by atoms with E-state index in [9.17, 15) is 9.90 Å². The number of carbonyl (C=O) groups excluding carboxylic acids is 1. The second kappa shape index (κ2) is 4.33. The predicted octanol–water partition coefficient (Wildman–Crippen LogP) is 0.729. The average molecular weight is 173 g/mol. The van der Waals surface area contributed by atoms with Gasteiger partial charge in [-0.05, 0) is 20.8 Å². The van der Waals surface area contributed by atoms with Gasteiger partial charge < -0.3 is 15.3 Å². The Balaban J connectivity index is 3.82. The van der Waals surface area contributed by atoms with Crippen molar-refractivity contribution in [3.8, 4) is 0 Å². The molecule has 1 unspecified atom stereocenters. The fraction of sp³-hybridized carbons (Fsp3) is 0.750. The molecule has 0 aliphatic carbocycles. The van der Waals surface area contributed by atoms with Crippen LogP contribution >= 0.6 is 0 Å². The van der Waals surface area contributed by atoms with Crippen molar-refractivity contribution in [2.75, 3.05) is 0 Å². The number of aliphatic hydroxyl groups is 1. The number of ketones is 1. The first-order valence-electron chi connectivity index (χ1n) is 3.78. The van der Waals surface area contributed by atoms with Crippen LogP contribution in [0.2, 0.25) is 0 Å². The summed E-state index contributed by atoms with van der Waals surface area (Å²) in [5.41, 5.74) is 0. The van der Waals surface area contributed by atoms with E-state index in [2.05, 4.69) is 0 Å². The molecule has 0 aromatic carbocycles. The zero-order valence-corrected chi connectivity index (χ0v) is 7.63. The number of carbonyl (C=O) groups is 1. The van der Waals surface area contributed by atoms with E-state index in [4.69, 9.17) is 10.1 Å². The molecule has 0 rings (SSSR count). The van der Waals surface area contributed by atoms with Crippen molar-refractivity contribution in [3.63, 3.8) is 0 Å². The van der Waals surface area contributed by atoms with Gasteiger partial charge in [-0.3, -0.25) is 4.79 Å². The van der Waals surface area contributed by atoms with Crippen molar-refractivity contribution in [3.05, 3.63) is 0 Å². The van der Waals surface area contributed by atoms with Crippen molar-refractivity contribution in [2.24, 2.45) is 0 Å². The lowest BCUT2D eigenvalue weighted by molar-refractivity contribution is -0.201. The van der Waals surface area contributed by atoms with Gasteiger partial charge >= 0.3 is 0 Å². The molecule has 0 spiro atoms. The predicted molar refractivity (Wildman–Crippen MR) is 45.3 cm³/mol. The lowest BCUT2D eigenvalue weighted by atomic mass is 10.2. The quantitative estimate of drug-likeness (QED) is 0.475. The molecule has 0 aromatic rings. The number of hydrogen-bond donors (Lipinski definition) is 2. The Morgan fingerprint density at radius 2 is 2.25 bits per heavy atom. The van der Waals surface area contributed by atoms with Crippen LogP contribution in [0.3, 0.4) is 0 Å². The fourth-order valence-electron chi connectivity index (χ4n) is 0.876. The number of nitrogens with one attached hydrogen (secondary N) is 1. The fourth-order valence-corrected chi connectivity index (χ4v) is 0.876. The van der Waals surface area contributed by atoms with Gasteiger partial charge in [0.25, 0.3) is 0 Å². The molecule has 0 aliphatic heterocycles. The Labute approximate surface area is 72.0 Å². The maximum absolute atomic E-state index is 10.7. The molecule has 0 radical (unpaired) electrons. The SMILES string of the molecule is CC(CC(=O)C=N)OC(C)(C)O. The molecule has 0 saturated heterocycles. The first-order chi connectivity index (χ1) is 5.35. The van der Waals surface area contributed by atoms with E-state index in [1.165, 1.54) is 13.8 Å². The molecule has 2 N–H and O–H groups in total. The van der Waals surface area contributed by atoms with Crippen LogP contribution in [-0.4, -0.2) is 29.0 Å². The summed E-state index contributed by atoms with van der Waals surface area (Å²) in [5, 5.41) is 15.8. The number of Topliss-reactive ketones (excluding diaryl/α,β-unsaturated/α-hetero) is 1. The summed E-state index contributed by atoms with van der Waals surface area (Å²) in [6, 6.07) is 0. The molecule has 4 nitrogen and oxygen atoms in total. The number of ether oxygens (including phenoxy) is 1. The normalized spacial score (nSPS) is 14.0. The summed E-state index contributed by atoms with van der Waals surface area (Å²) >= 11 is 0. The Morgan fingerprint density at radius 1 is 1.75 bits per heavy atom. The van der Waals surface area contributed by atoms with Crippen molar-refractivity contribution in [1.29, 1.82) is 5.41 Å². The van der Waals surface area contributed by atoms with Crippen LogP contribution in [0.5, 0.6) is 0 Å². The van der Waals surface area contributed by atoms with Gasteiger partial charge in [-0.1, -0.05) is 0 Å². The molecular weight excluding hydrogens is 158 g/mol. The zero-order chi connectivity index (χ0) is 9.78. The molecule has 12 heavy (non-hydrogen) atoms. The molecule has 1 atom stereocenters.